The third-order valence-electron chi connectivity index (χ3n) is 9.56. The van der Waals surface area contributed by atoms with Gasteiger partial charge in [0.05, 0.1) is 16.0 Å². The highest BCUT2D eigenvalue weighted by Gasteiger charge is 2.44. The van der Waals surface area contributed by atoms with E-state index in [1.807, 2.05) is 11.5 Å². The number of amides is 1. The van der Waals surface area contributed by atoms with Gasteiger partial charge in [-0.25, -0.2) is 8.42 Å². The zero-order valence-corrected chi connectivity index (χ0v) is 26.2. The smallest absolute Gasteiger partial charge is 0.381 e. The molecule has 2 aromatic rings. The molecule has 1 aliphatic carbocycles. The summed E-state index contributed by atoms with van der Waals surface area (Å²) in [4.78, 5) is 12.7. The first-order valence-electron chi connectivity index (χ1n) is 15.6. The maximum Gasteiger partial charge on any atom is 0.417 e. The highest BCUT2D eigenvalue weighted by molar-refractivity contribution is 7.89. The number of rotatable bonds is 7. The first-order valence-corrected chi connectivity index (χ1v) is 17.1. The number of sulfonamides is 1. The Bertz CT molecular complexity index is 1420. The van der Waals surface area contributed by atoms with Crippen LogP contribution >= 0.6 is 0 Å². The predicted molar refractivity (Wildman–Crippen MR) is 159 cm³/mol. The van der Waals surface area contributed by atoms with Gasteiger partial charge in [-0.1, -0.05) is 31.7 Å². The molecule has 0 radical (unpaired) electrons. The number of benzene rings is 1. The van der Waals surface area contributed by atoms with E-state index in [-0.39, 0.29) is 24.1 Å². The predicted octanol–water partition coefficient (Wildman–Crippen LogP) is 6.92. The van der Waals surface area contributed by atoms with Crippen LogP contribution in [0, 0.1) is 12.8 Å². The highest BCUT2D eigenvalue weighted by atomic mass is 32.2. The fourth-order valence-electron chi connectivity index (χ4n) is 7.02. The van der Waals surface area contributed by atoms with Crippen LogP contribution in [0.2, 0.25) is 0 Å². The molecule has 1 aromatic carbocycles. The summed E-state index contributed by atoms with van der Waals surface area (Å²) in [5.41, 5.74) is -0.0937. The summed E-state index contributed by atoms with van der Waals surface area (Å²) in [6, 6.07) is 5.17. The van der Waals surface area contributed by atoms with E-state index in [1.54, 1.807) is 19.9 Å². The SMILES string of the molecule is Cc1c(C(=O)NC2CCOCC2)cc(-c2ccc(S(=O)(=O)N3CCCCC3(C)C)c(C(F)(F)F)c2)n1CC1CCCCC1. The zero-order valence-electron chi connectivity index (χ0n) is 25.4. The number of alkyl halides is 3. The van der Waals surface area contributed by atoms with Gasteiger partial charge in [0.25, 0.3) is 5.91 Å². The number of piperidine rings is 1. The molecule has 2 aliphatic heterocycles. The minimum atomic E-state index is -4.89. The molecule has 0 bridgehead atoms. The van der Waals surface area contributed by atoms with Crippen LogP contribution in [-0.2, 0) is 27.5 Å². The molecule has 3 aliphatic rings. The molecule has 11 heteroatoms. The Balaban J connectivity index is 1.57. The monoisotopic (exact) mass is 623 g/mol. The van der Waals surface area contributed by atoms with Crippen LogP contribution < -0.4 is 5.32 Å². The molecule has 1 saturated carbocycles. The number of aromatic nitrogens is 1. The summed E-state index contributed by atoms with van der Waals surface area (Å²) in [5.74, 6) is 0.101. The van der Waals surface area contributed by atoms with Gasteiger partial charge in [0.1, 0.15) is 0 Å². The summed E-state index contributed by atoms with van der Waals surface area (Å²) < 4.78 is 79.9. The normalized spacial score (nSPS) is 21.2. The molecule has 0 spiro atoms. The second-order valence-corrected chi connectivity index (χ2v) is 14.9. The zero-order chi connectivity index (χ0) is 31.0. The fourth-order valence-corrected chi connectivity index (χ4v) is 9.06. The average Bonchev–Trinajstić information content (AvgIpc) is 3.28. The molecule has 7 nitrogen and oxygen atoms in total. The van der Waals surface area contributed by atoms with Crippen molar-refractivity contribution in [3.05, 3.63) is 41.1 Å². The van der Waals surface area contributed by atoms with E-state index >= 15 is 0 Å². The lowest BCUT2D eigenvalue weighted by Crippen LogP contribution is -2.50. The summed E-state index contributed by atoms with van der Waals surface area (Å²) in [6.07, 6.45) is 3.97. The molecule has 1 aromatic heterocycles. The molecular formula is C32H44F3N3O4S. The van der Waals surface area contributed by atoms with Crippen molar-refractivity contribution in [3.8, 4) is 11.3 Å². The summed E-state index contributed by atoms with van der Waals surface area (Å²) >= 11 is 0. The molecule has 43 heavy (non-hydrogen) atoms. The number of hydrogen-bond donors (Lipinski definition) is 1. The van der Waals surface area contributed by atoms with Crippen molar-refractivity contribution in [2.24, 2.45) is 5.92 Å². The van der Waals surface area contributed by atoms with Crippen LogP contribution in [0.5, 0.6) is 0 Å². The Kier molecular flexibility index (Phi) is 9.35. The van der Waals surface area contributed by atoms with Crippen molar-refractivity contribution in [2.75, 3.05) is 19.8 Å². The van der Waals surface area contributed by atoms with E-state index in [4.69, 9.17) is 4.74 Å². The minimum absolute atomic E-state index is 0.0221. The summed E-state index contributed by atoms with van der Waals surface area (Å²) in [7, 11) is -4.42. The lowest BCUT2D eigenvalue weighted by atomic mass is 9.89. The molecule has 5 rings (SSSR count). The van der Waals surface area contributed by atoms with E-state index in [1.165, 1.54) is 16.8 Å². The average molecular weight is 624 g/mol. The van der Waals surface area contributed by atoms with Crippen molar-refractivity contribution < 1.29 is 31.1 Å². The number of carbonyl (C=O) groups is 1. The maximum atomic E-state index is 14.6. The highest BCUT2D eigenvalue weighted by Crippen LogP contribution is 2.41. The summed E-state index contributed by atoms with van der Waals surface area (Å²) in [5, 5.41) is 3.08. The number of nitrogens with one attached hydrogen (secondary N) is 1. The summed E-state index contributed by atoms with van der Waals surface area (Å²) in [6.45, 7) is 7.29. The van der Waals surface area contributed by atoms with Gasteiger partial charge >= 0.3 is 6.18 Å². The van der Waals surface area contributed by atoms with Crippen LogP contribution in [0.1, 0.15) is 99.7 Å². The Labute approximate surface area is 253 Å². The van der Waals surface area contributed by atoms with Gasteiger partial charge in [0, 0.05) is 49.3 Å². The van der Waals surface area contributed by atoms with Crippen molar-refractivity contribution in [1.82, 2.24) is 14.2 Å². The Hall–Kier alpha value is -2.37. The van der Waals surface area contributed by atoms with Gasteiger partial charge in [-0.3, -0.25) is 4.79 Å². The van der Waals surface area contributed by atoms with Crippen LogP contribution in [0.3, 0.4) is 0 Å². The van der Waals surface area contributed by atoms with Gasteiger partial charge in [-0.2, -0.15) is 17.5 Å². The molecular weight excluding hydrogens is 579 g/mol. The second-order valence-electron chi connectivity index (χ2n) is 13.1. The van der Waals surface area contributed by atoms with Crippen molar-refractivity contribution in [2.45, 2.75) is 114 Å². The molecule has 238 valence electrons. The fraction of sp³-hybridized carbons (Fsp3) is 0.656. The number of halogens is 3. The Morgan fingerprint density at radius 3 is 2.37 bits per heavy atom. The van der Waals surface area contributed by atoms with Gasteiger partial charge in [0.2, 0.25) is 10.0 Å². The third-order valence-corrected chi connectivity index (χ3v) is 11.7. The van der Waals surface area contributed by atoms with Crippen molar-refractivity contribution in [3.63, 3.8) is 0 Å². The Morgan fingerprint density at radius 2 is 1.72 bits per heavy atom. The van der Waals surface area contributed by atoms with Gasteiger partial charge in [-0.05, 0) is 89.0 Å². The molecule has 1 N–H and O–H groups in total. The molecule has 1 amide bonds. The molecule has 2 saturated heterocycles. The second kappa shape index (κ2) is 12.6. The lowest BCUT2D eigenvalue weighted by Gasteiger charge is -2.41. The van der Waals surface area contributed by atoms with E-state index in [0.29, 0.717) is 68.3 Å². The van der Waals surface area contributed by atoms with Crippen LogP contribution in [0.15, 0.2) is 29.2 Å². The molecule has 0 unspecified atom stereocenters. The number of carbonyl (C=O) groups excluding carboxylic acids is 1. The number of ether oxygens (including phenoxy) is 1. The molecule has 3 fully saturated rings. The first kappa shape index (κ1) is 32.0. The quantitative estimate of drug-likeness (QED) is 0.363. The van der Waals surface area contributed by atoms with Gasteiger partial charge in [-0.15, -0.1) is 0 Å². The minimum Gasteiger partial charge on any atom is -0.381 e. The molecule has 0 atom stereocenters. The number of hydrogen-bond acceptors (Lipinski definition) is 4. The van der Waals surface area contributed by atoms with Gasteiger partial charge < -0.3 is 14.6 Å². The first-order chi connectivity index (χ1) is 20.3. The van der Waals surface area contributed by atoms with E-state index < -0.39 is 32.2 Å². The largest absolute Gasteiger partial charge is 0.417 e. The van der Waals surface area contributed by atoms with Crippen LogP contribution in [0.4, 0.5) is 13.2 Å². The van der Waals surface area contributed by atoms with Crippen molar-refractivity contribution >= 4 is 15.9 Å². The topological polar surface area (TPSA) is 80.6 Å². The van der Waals surface area contributed by atoms with Gasteiger partial charge in [0.15, 0.2) is 0 Å². The third kappa shape index (κ3) is 6.83. The van der Waals surface area contributed by atoms with E-state index in [2.05, 4.69) is 5.32 Å². The van der Waals surface area contributed by atoms with E-state index in [0.717, 1.165) is 44.2 Å². The lowest BCUT2D eigenvalue weighted by molar-refractivity contribution is -0.139. The van der Waals surface area contributed by atoms with Crippen LogP contribution in [-0.4, -0.2) is 54.5 Å². The number of nitrogens with zero attached hydrogens (tertiary/aromatic N) is 2. The standard InChI is InChI=1S/C32H44F3N3O4S/c1-22-26(30(39)36-25-13-17-42-18-14-25)20-28(37(22)21-23-9-5-4-6-10-23)24-11-12-29(27(19-24)32(33,34)35)43(40,41)38-16-8-7-15-31(38,2)3/h11-12,19-20,23,25H,4-10,13-18,21H2,1-3H3,(H,36,39). The van der Waals surface area contributed by atoms with Crippen molar-refractivity contribution in [1.29, 1.82) is 0 Å². The van der Waals surface area contributed by atoms with Crippen LogP contribution in [0.25, 0.3) is 11.3 Å². The van der Waals surface area contributed by atoms with E-state index in [9.17, 15) is 26.4 Å². The Morgan fingerprint density at radius 1 is 1.02 bits per heavy atom. The maximum absolute atomic E-state index is 14.6. The molecule has 3 heterocycles.